The molecule has 3 aromatic heterocycles. The highest BCUT2D eigenvalue weighted by Gasteiger charge is 2.36. The van der Waals surface area contributed by atoms with Crippen molar-refractivity contribution >= 4 is 21.7 Å². The molecule has 0 aromatic carbocycles. The van der Waals surface area contributed by atoms with Crippen molar-refractivity contribution in [2.24, 2.45) is 5.92 Å². The fourth-order valence-electron chi connectivity index (χ4n) is 3.77. The highest BCUT2D eigenvalue weighted by Crippen LogP contribution is 2.28. The van der Waals surface area contributed by atoms with Crippen molar-refractivity contribution in [2.45, 2.75) is 38.1 Å². The average molecular weight is 445 g/mol. The van der Waals surface area contributed by atoms with E-state index in [4.69, 9.17) is 4.52 Å². The van der Waals surface area contributed by atoms with Crippen molar-refractivity contribution in [3.8, 4) is 0 Å². The van der Waals surface area contributed by atoms with Gasteiger partial charge in [-0.1, -0.05) is 11.2 Å². The van der Waals surface area contributed by atoms with Gasteiger partial charge in [0.15, 0.2) is 11.6 Å². The van der Waals surface area contributed by atoms with E-state index >= 15 is 0 Å². The Kier molecular flexibility index (Phi) is 5.88. The minimum absolute atomic E-state index is 0.0858. The summed E-state index contributed by atoms with van der Waals surface area (Å²) in [5, 5.41) is 10.9. The highest BCUT2D eigenvalue weighted by atomic mass is 32.2. The third-order valence-electron chi connectivity index (χ3n) is 5.28. The van der Waals surface area contributed by atoms with E-state index in [0.29, 0.717) is 37.4 Å². The summed E-state index contributed by atoms with van der Waals surface area (Å²) in [5.41, 5.74) is 1.32. The second kappa shape index (κ2) is 8.60. The van der Waals surface area contributed by atoms with Gasteiger partial charge in [-0.2, -0.15) is 9.40 Å². The zero-order chi connectivity index (χ0) is 22.0. The van der Waals surface area contributed by atoms with Gasteiger partial charge >= 0.3 is 0 Å². The molecule has 0 aliphatic carbocycles. The van der Waals surface area contributed by atoms with Crippen LogP contribution in [0.25, 0.3) is 0 Å². The van der Waals surface area contributed by atoms with Gasteiger partial charge in [-0.05, 0) is 38.3 Å². The quantitative estimate of drug-likeness (QED) is 0.616. The number of amides is 1. The summed E-state index contributed by atoms with van der Waals surface area (Å²) >= 11 is 0. The lowest BCUT2D eigenvalue weighted by Crippen LogP contribution is -2.44. The first-order valence-electron chi connectivity index (χ1n) is 10.0. The Balaban J connectivity index is 1.41. The number of carbonyl (C=O) groups is 1. The van der Waals surface area contributed by atoms with Crippen LogP contribution in [0.15, 0.2) is 46.2 Å². The molecular weight excluding hydrogens is 420 g/mol. The molecule has 1 unspecified atom stereocenters. The van der Waals surface area contributed by atoms with Crippen molar-refractivity contribution in [1.29, 1.82) is 0 Å². The van der Waals surface area contributed by atoms with Gasteiger partial charge in [0.05, 0.1) is 12.5 Å². The Bertz CT molecular complexity index is 1150. The largest absolute Gasteiger partial charge is 0.360 e. The first kappa shape index (κ1) is 21.2. The lowest BCUT2D eigenvalue weighted by atomic mass is 9.99. The SMILES string of the molecule is Cc1noc(C)c1S(=O)(=O)N1CCCC(C(=O)Nc2ccn(Cc3cccnc3)n2)C1. The van der Waals surface area contributed by atoms with Gasteiger partial charge in [-0.3, -0.25) is 14.5 Å². The summed E-state index contributed by atoms with van der Waals surface area (Å²) in [6, 6.07) is 5.52. The molecule has 0 bridgehead atoms. The second-order valence-corrected chi connectivity index (χ2v) is 9.48. The molecule has 1 amide bonds. The van der Waals surface area contributed by atoms with E-state index < -0.39 is 15.9 Å². The number of anilines is 1. The van der Waals surface area contributed by atoms with Gasteiger partial charge < -0.3 is 9.84 Å². The summed E-state index contributed by atoms with van der Waals surface area (Å²) in [7, 11) is -3.78. The maximum absolute atomic E-state index is 13.1. The van der Waals surface area contributed by atoms with Crippen molar-refractivity contribution in [1.82, 2.24) is 24.2 Å². The summed E-state index contributed by atoms with van der Waals surface area (Å²) in [6.07, 6.45) is 6.44. The zero-order valence-electron chi connectivity index (χ0n) is 17.4. The Morgan fingerprint density at radius 1 is 1.32 bits per heavy atom. The lowest BCUT2D eigenvalue weighted by Gasteiger charge is -2.30. The highest BCUT2D eigenvalue weighted by molar-refractivity contribution is 7.89. The number of rotatable bonds is 6. The Hall–Kier alpha value is -3.05. The Labute approximate surface area is 180 Å². The van der Waals surface area contributed by atoms with E-state index in [9.17, 15) is 13.2 Å². The molecule has 4 rings (SSSR count). The zero-order valence-corrected chi connectivity index (χ0v) is 18.2. The van der Waals surface area contributed by atoms with Gasteiger partial charge in [0.2, 0.25) is 15.9 Å². The first-order valence-corrected chi connectivity index (χ1v) is 11.4. The number of hydrogen-bond acceptors (Lipinski definition) is 7. The van der Waals surface area contributed by atoms with Crippen molar-refractivity contribution in [3.05, 3.63) is 53.8 Å². The van der Waals surface area contributed by atoms with Crippen LogP contribution in [0.5, 0.6) is 0 Å². The summed E-state index contributed by atoms with van der Waals surface area (Å²) in [6.45, 7) is 4.17. The fourth-order valence-corrected chi connectivity index (χ4v) is 5.59. The number of piperidine rings is 1. The van der Waals surface area contributed by atoms with Crippen LogP contribution in [0, 0.1) is 19.8 Å². The molecule has 31 heavy (non-hydrogen) atoms. The van der Waals surface area contributed by atoms with Crippen LogP contribution < -0.4 is 5.32 Å². The summed E-state index contributed by atoms with van der Waals surface area (Å²) < 4.78 is 34.2. The Morgan fingerprint density at radius 2 is 2.16 bits per heavy atom. The predicted octanol–water partition coefficient (Wildman–Crippen LogP) is 1.97. The maximum atomic E-state index is 13.1. The number of sulfonamides is 1. The molecule has 1 atom stereocenters. The minimum atomic E-state index is -3.78. The standard InChI is InChI=1S/C20H24N6O4S/c1-14-19(15(2)30-24-14)31(28,29)26-9-4-6-17(13-26)20(27)22-18-7-10-25(23-18)12-16-5-3-8-21-11-16/h3,5,7-8,10-11,17H,4,6,9,12-13H2,1-2H3,(H,22,23,27). The molecule has 11 heteroatoms. The minimum Gasteiger partial charge on any atom is -0.360 e. The average Bonchev–Trinajstić information content (AvgIpc) is 3.34. The first-order chi connectivity index (χ1) is 14.8. The molecule has 3 aromatic rings. The second-order valence-electron chi connectivity index (χ2n) is 7.60. The molecule has 0 radical (unpaired) electrons. The Morgan fingerprint density at radius 3 is 2.87 bits per heavy atom. The third-order valence-corrected chi connectivity index (χ3v) is 7.39. The number of nitrogens with one attached hydrogen (secondary N) is 1. The molecular formula is C20H24N6O4S. The summed E-state index contributed by atoms with van der Waals surface area (Å²) in [4.78, 5) is 17.0. The van der Waals surface area contributed by atoms with E-state index in [1.807, 2.05) is 12.1 Å². The molecule has 1 fully saturated rings. The molecule has 0 saturated carbocycles. The number of hydrogen-bond donors (Lipinski definition) is 1. The molecule has 0 spiro atoms. The molecule has 164 valence electrons. The van der Waals surface area contributed by atoms with Gasteiger partial charge in [-0.25, -0.2) is 8.42 Å². The van der Waals surface area contributed by atoms with Crippen LogP contribution >= 0.6 is 0 Å². The van der Waals surface area contributed by atoms with Crippen LogP contribution in [-0.2, 0) is 21.4 Å². The fraction of sp³-hybridized carbons (Fsp3) is 0.400. The van der Waals surface area contributed by atoms with Gasteiger partial charge in [0.25, 0.3) is 0 Å². The number of aromatic nitrogens is 4. The smallest absolute Gasteiger partial charge is 0.248 e. The van der Waals surface area contributed by atoms with Crippen molar-refractivity contribution in [2.75, 3.05) is 18.4 Å². The normalized spacial score (nSPS) is 17.5. The molecule has 1 saturated heterocycles. The van der Waals surface area contributed by atoms with Gasteiger partial charge in [0.1, 0.15) is 10.6 Å². The topological polar surface area (TPSA) is 123 Å². The van der Waals surface area contributed by atoms with Gasteiger partial charge in [0, 0.05) is 37.7 Å². The van der Waals surface area contributed by atoms with E-state index in [0.717, 1.165) is 5.56 Å². The van der Waals surface area contributed by atoms with E-state index in [-0.39, 0.29) is 23.1 Å². The van der Waals surface area contributed by atoms with Crippen molar-refractivity contribution < 1.29 is 17.7 Å². The maximum Gasteiger partial charge on any atom is 0.248 e. The third kappa shape index (κ3) is 4.52. The number of aryl methyl sites for hydroxylation is 2. The van der Waals surface area contributed by atoms with E-state index in [2.05, 4.69) is 20.6 Å². The number of nitrogens with zero attached hydrogens (tertiary/aromatic N) is 5. The lowest BCUT2D eigenvalue weighted by molar-refractivity contribution is -0.120. The monoisotopic (exact) mass is 444 g/mol. The van der Waals surface area contributed by atoms with Crippen molar-refractivity contribution in [3.63, 3.8) is 0 Å². The van der Waals surface area contributed by atoms with Gasteiger partial charge in [-0.15, -0.1) is 0 Å². The molecule has 1 aliphatic heterocycles. The predicted molar refractivity (Wildman–Crippen MR) is 112 cm³/mol. The molecule has 4 heterocycles. The summed E-state index contributed by atoms with van der Waals surface area (Å²) in [5.74, 6) is -0.0272. The van der Waals surface area contributed by atoms with Crippen LogP contribution in [-0.4, -0.2) is 51.6 Å². The van der Waals surface area contributed by atoms with Crippen LogP contribution in [0.2, 0.25) is 0 Å². The van der Waals surface area contributed by atoms with Crippen LogP contribution in [0.4, 0.5) is 5.82 Å². The van der Waals surface area contributed by atoms with Crippen LogP contribution in [0.3, 0.4) is 0 Å². The number of pyridine rings is 1. The number of carbonyl (C=O) groups excluding carboxylic acids is 1. The molecule has 10 nitrogen and oxygen atoms in total. The van der Waals surface area contributed by atoms with E-state index in [1.54, 1.807) is 43.2 Å². The molecule has 1 aliphatic rings. The van der Waals surface area contributed by atoms with E-state index in [1.165, 1.54) is 4.31 Å². The molecule has 1 N–H and O–H groups in total. The van der Waals surface area contributed by atoms with Crippen LogP contribution in [0.1, 0.15) is 29.9 Å².